The largest absolute Gasteiger partial charge is 0.324 e. The van der Waals surface area contributed by atoms with Gasteiger partial charge in [0.15, 0.2) is 0 Å². The maximum atomic E-state index is 12.6. The molecule has 1 heterocycles. The van der Waals surface area contributed by atoms with Crippen LogP contribution in [0.5, 0.6) is 0 Å². The fraction of sp³-hybridized carbons (Fsp3) is 0.350. The zero-order valence-electron chi connectivity index (χ0n) is 14.8. The molecule has 0 unspecified atom stereocenters. The molecule has 136 valence electrons. The third-order valence-electron chi connectivity index (χ3n) is 4.62. The molecule has 1 amide bonds. The van der Waals surface area contributed by atoms with E-state index in [1.54, 1.807) is 24.3 Å². The summed E-state index contributed by atoms with van der Waals surface area (Å²) in [7, 11) is 0. The van der Waals surface area contributed by atoms with E-state index in [0.717, 1.165) is 25.7 Å². The van der Waals surface area contributed by atoms with Gasteiger partial charge in [-0.05, 0) is 18.8 Å². The summed E-state index contributed by atoms with van der Waals surface area (Å²) in [6.45, 7) is 1.36. The van der Waals surface area contributed by atoms with Crippen molar-refractivity contribution in [3.8, 4) is 0 Å². The average Bonchev–Trinajstić information content (AvgIpc) is 2.64. The fourth-order valence-corrected chi connectivity index (χ4v) is 3.37. The number of aromatic amines is 2. The van der Waals surface area contributed by atoms with Crippen LogP contribution < -0.4 is 27.1 Å². The van der Waals surface area contributed by atoms with Gasteiger partial charge in [0, 0.05) is 12.5 Å². The van der Waals surface area contributed by atoms with Gasteiger partial charge in [0.05, 0.1) is 5.70 Å². The molecule has 0 atom stereocenters. The van der Waals surface area contributed by atoms with Crippen LogP contribution in [-0.2, 0) is 4.79 Å². The van der Waals surface area contributed by atoms with Gasteiger partial charge in [-0.15, -0.1) is 0 Å². The lowest BCUT2D eigenvalue weighted by atomic mass is 9.89. The molecule has 0 bridgehead atoms. The molecule has 1 fully saturated rings. The van der Waals surface area contributed by atoms with Gasteiger partial charge >= 0.3 is 0 Å². The molecule has 26 heavy (non-hydrogen) atoms. The van der Waals surface area contributed by atoms with E-state index in [4.69, 9.17) is 0 Å². The van der Waals surface area contributed by atoms with Gasteiger partial charge in [-0.3, -0.25) is 14.4 Å². The molecule has 6 heteroatoms. The van der Waals surface area contributed by atoms with Crippen LogP contribution in [0.2, 0.25) is 0 Å². The minimum atomic E-state index is -0.431. The summed E-state index contributed by atoms with van der Waals surface area (Å²) < 4.78 is 0. The molecule has 3 N–H and O–H groups in total. The van der Waals surface area contributed by atoms with Gasteiger partial charge < -0.3 is 15.3 Å². The lowest BCUT2D eigenvalue weighted by molar-refractivity contribution is -0.117. The number of nitrogens with one attached hydrogen (secondary N) is 3. The van der Waals surface area contributed by atoms with Gasteiger partial charge in [0.25, 0.3) is 11.1 Å². The number of aromatic nitrogens is 2. The highest BCUT2D eigenvalue weighted by Gasteiger charge is 2.12. The second-order valence-corrected chi connectivity index (χ2v) is 6.68. The smallest absolute Gasteiger partial charge is 0.274 e. The molecule has 0 radical (unpaired) electrons. The van der Waals surface area contributed by atoms with Crippen LogP contribution in [0.1, 0.15) is 44.6 Å². The van der Waals surface area contributed by atoms with Gasteiger partial charge in [-0.25, -0.2) is 0 Å². The van der Waals surface area contributed by atoms with E-state index in [1.165, 1.54) is 13.3 Å². The van der Waals surface area contributed by atoms with Crippen molar-refractivity contribution in [3.05, 3.63) is 67.3 Å². The number of carbonyl (C=O) groups is 1. The molecule has 3 rings (SSSR count). The summed E-state index contributed by atoms with van der Waals surface area (Å²) in [4.78, 5) is 42.0. The van der Waals surface area contributed by atoms with Crippen LogP contribution in [-0.4, -0.2) is 15.9 Å². The molecule has 1 aromatic heterocycles. The monoisotopic (exact) mass is 353 g/mol. The zero-order valence-corrected chi connectivity index (χ0v) is 14.8. The molecule has 0 spiro atoms. The SMILES string of the molecule is CC(=O)N/C(c1ccccc1)=c1\[nH]c(=O)/c(=C/C2CCCCC2)[nH]c1=O. The highest BCUT2D eigenvalue weighted by atomic mass is 16.2. The summed E-state index contributed by atoms with van der Waals surface area (Å²) in [5.41, 5.74) is 0.150. The molecule has 1 aliphatic rings. The minimum Gasteiger partial charge on any atom is -0.324 e. The van der Waals surface area contributed by atoms with Crippen LogP contribution >= 0.6 is 0 Å². The predicted molar refractivity (Wildman–Crippen MR) is 101 cm³/mol. The van der Waals surface area contributed by atoms with Gasteiger partial charge in [0.2, 0.25) is 5.91 Å². The zero-order chi connectivity index (χ0) is 18.5. The number of hydrogen-bond acceptors (Lipinski definition) is 3. The van der Waals surface area contributed by atoms with Crippen LogP contribution in [0.3, 0.4) is 0 Å². The second kappa shape index (κ2) is 7.99. The first-order valence-electron chi connectivity index (χ1n) is 8.96. The summed E-state index contributed by atoms with van der Waals surface area (Å²) in [6.07, 6.45) is 7.46. The summed E-state index contributed by atoms with van der Waals surface area (Å²) in [5, 5.41) is 3.00. The molecular formula is C20H23N3O3. The van der Waals surface area contributed by atoms with Crippen molar-refractivity contribution in [2.45, 2.75) is 39.0 Å². The second-order valence-electron chi connectivity index (χ2n) is 6.68. The normalized spacial score (nSPS) is 17.0. The number of H-pyrrole nitrogens is 2. The Bertz CT molecular complexity index is 1010. The van der Waals surface area contributed by atoms with E-state index in [2.05, 4.69) is 15.3 Å². The van der Waals surface area contributed by atoms with Crippen molar-refractivity contribution in [3.63, 3.8) is 0 Å². The summed E-state index contributed by atoms with van der Waals surface area (Å²) >= 11 is 0. The lowest BCUT2D eigenvalue weighted by Gasteiger charge is -2.17. The number of hydrogen-bond donors (Lipinski definition) is 3. The third-order valence-corrected chi connectivity index (χ3v) is 4.62. The molecule has 6 nitrogen and oxygen atoms in total. The quantitative estimate of drug-likeness (QED) is 0.759. The van der Waals surface area contributed by atoms with Gasteiger partial charge in [-0.2, -0.15) is 0 Å². The number of carbonyl (C=O) groups excluding carboxylic acids is 1. The van der Waals surface area contributed by atoms with Crippen molar-refractivity contribution < 1.29 is 4.79 Å². The molecule has 1 aliphatic carbocycles. The number of rotatable bonds is 3. The molecular weight excluding hydrogens is 330 g/mol. The van der Waals surface area contributed by atoms with Crippen LogP contribution in [0.25, 0.3) is 11.8 Å². The van der Waals surface area contributed by atoms with Crippen LogP contribution in [0, 0.1) is 5.92 Å². The maximum Gasteiger partial charge on any atom is 0.274 e. The average molecular weight is 353 g/mol. The van der Waals surface area contributed by atoms with E-state index < -0.39 is 5.56 Å². The van der Waals surface area contributed by atoms with Crippen LogP contribution in [0.15, 0.2) is 39.9 Å². The Labute approximate surface area is 150 Å². The van der Waals surface area contributed by atoms with E-state index in [-0.39, 0.29) is 16.8 Å². The van der Waals surface area contributed by atoms with Gasteiger partial charge in [-0.1, -0.05) is 55.7 Å². The van der Waals surface area contributed by atoms with E-state index >= 15 is 0 Å². The minimum absolute atomic E-state index is 0.0530. The Morgan fingerprint density at radius 1 is 1.04 bits per heavy atom. The Morgan fingerprint density at radius 2 is 1.73 bits per heavy atom. The Kier molecular flexibility index (Phi) is 5.51. The molecule has 1 aromatic carbocycles. The van der Waals surface area contributed by atoms with Crippen molar-refractivity contribution in [2.75, 3.05) is 0 Å². The molecule has 1 saturated carbocycles. The van der Waals surface area contributed by atoms with Crippen molar-refractivity contribution in [2.24, 2.45) is 5.92 Å². The number of amides is 1. The van der Waals surface area contributed by atoms with Crippen molar-refractivity contribution >= 4 is 17.7 Å². The first kappa shape index (κ1) is 17.9. The molecule has 2 aromatic rings. The van der Waals surface area contributed by atoms with Crippen molar-refractivity contribution in [1.29, 1.82) is 0 Å². The Morgan fingerprint density at radius 3 is 2.38 bits per heavy atom. The Hall–Kier alpha value is -2.89. The summed E-state index contributed by atoms with van der Waals surface area (Å²) in [5.74, 6) is 0.00112. The van der Waals surface area contributed by atoms with Crippen molar-refractivity contribution in [1.82, 2.24) is 15.3 Å². The molecule has 0 aliphatic heterocycles. The van der Waals surface area contributed by atoms with E-state index in [9.17, 15) is 14.4 Å². The fourth-order valence-electron chi connectivity index (χ4n) is 3.37. The first-order valence-corrected chi connectivity index (χ1v) is 8.96. The lowest BCUT2D eigenvalue weighted by Crippen LogP contribution is -2.49. The highest BCUT2D eigenvalue weighted by molar-refractivity contribution is 5.84. The predicted octanol–water partition coefficient (Wildman–Crippen LogP) is 0.717. The third kappa shape index (κ3) is 4.20. The van der Waals surface area contributed by atoms with Crippen LogP contribution in [0.4, 0.5) is 0 Å². The Balaban J connectivity index is 2.17. The topological polar surface area (TPSA) is 94.8 Å². The maximum absolute atomic E-state index is 12.6. The molecule has 0 saturated heterocycles. The number of benzene rings is 1. The van der Waals surface area contributed by atoms with Gasteiger partial charge in [0.1, 0.15) is 10.7 Å². The standard InChI is InChI=1S/C20H23N3O3/c1-13(24)21-17(15-10-6-3-7-11-15)18-20(26)22-16(19(25)23-18)12-14-8-4-2-5-9-14/h3,6-7,10-12,14H,2,4-5,8-9H2,1H3,(H,21,24)(H,22,26)(H,23,25)/b16-12-,18-17-. The van der Waals surface area contributed by atoms with E-state index in [1.807, 2.05) is 12.1 Å². The first-order chi connectivity index (χ1) is 12.5. The summed E-state index contributed by atoms with van der Waals surface area (Å²) in [6, 6.07) is 8.98. The van der Waals surface area contributed by atoms with E-state index in [0.29, 0.717) is 22.5 Å². The highest BCUT2D eigenvalue weighted by Crippen LogP contribution is 2.24.